The maximum Gasteiger partial charge on any atom is 0.335 e. The molecule has 0 aliphatic carbocycles. The molecule has 22 heavy (non-hydrogen) atoms. The molecule has 1 atom stereocenters. The van der Waals surface area contributed by atoms with Crippen molar-refractivity contribution in [1.82, 2.24) is 10.2 Å². The SMILES string of the molecule is C=C1CCN(C(C)C(=O)NCc2ccc(C(=O)O)cc2)CC1. The van der Waals surface area contributed by atoms with Gasteiger partial charge in [0.05, 0.1) is 11.6 Å². The monoisotopic (exact) mass is 302 g/mol. The van der Waals surface area contributed by atoms with Gasteiger partial charge in [-0.05, 0) is 37.5 Å². The summed E-state index contributed by atoms with van der Waals surface area (Å²) in [6, 6.07) is 6.37. The van der Waals surface area contributed by atoms with E-state index in [2.05, 4.69) is 16.8 Å². The number of carbonyl (C=O) groups excluding carboxylic acids is 1. The predicted molar refractivity (Wildman–Crippen MR) is 84.7 cm³/mol. The van der Waals surface area contributed by atoms with E-state index in [0.29, 0.717) is 6.54 Å². The lowest BCUT2D eigenvalue weighted by Gasteiger charge is -2.32. The number of aromatic carboxylic acids is 1. The number of nitrogens with one attached hydrogen (secondary N) is 1. The molecule has 118 valence electrons. The van der Waals surface area contributed by atoms with Gasteiger partial charge in [-0.3, -0.25) is 9.69 Å². The van der Waals surface area contributed by atoms with Gasteiger partial charge in [0.25, 0.3) is 0 Å². The highest BCUT2D eigenvalue weighted by Gasteiger charge is 2.23. The van der Waals surface area contributed by atoms with Crippen LogP contribution in [0.5, 0.6) is 0 Å². The van der Waals surface area contributed by atoms with Gasteiger partial charge in [-0.2, -0.15) is 0 Å². The van der Waals surface area contributed by atoms with Crippen molar-refractivity contribution in [3.8, 4) is 0 Å². The Kier molecular flexibility index (Phi) is 5.33. The molecular weight excluding hydrogens is 280 g/mol. The van der Waals surface area contributed by atoms with Gasteiger partial charge < -0.3 is 10.4 Å². The van der Waals surface area contributed by atoms with Gasteiger partial charge in [-0.1, -0.05) is 24.3 Å². The number of carboxylic acids is 1. The highest BCUT2D eigenvalue weighted by molar-refractivity contribution is 5.87. The summed E-state index contributed by atoms with van der Waals surface area (Å²) in [6.45, 7) is 8.05. The van der Waals surface area contributed by atoms with Crippen LogP contribution in [0.1, 0.15) is 35.7 Å². The molecule has 1 aliphatic rings. The van der Waals surface area contributed by atoms with Crippen molar-refractivity contribution in [2.24, 2.45) is 0 Å². The molecule has 1 amide bonds. The average molecular weight is 302 g/mol. The highest BCUT2D eigenvalue weighted by atomic mass is 16.4. The first-order valence-electron chi connectivity index (χ1n) is 7.48. The number of hydrogen-bond acceptors (Lipinski definition) is 3. The van der Waals surface area contributed by atoms with Crippen molar-refractivity contribution in [3.63, 3.8) is 0 Å². The van der Waals surface area contributed by atoms with Crippen molar-refractivity contribution in [3.05, 3.63) is 47.5 Å². The molecule has 5 nitrogen and oxygen atoms in total. The number of amides is 1. The number of likely N-dealkylation sites (tertiary alicyclic amines) is 1. The molecule has 2 rings (SSSR count). The van der Waals surface area contributed by atoms with Crippen molar-refractivity contribution < 1.29 is 14.7 Å². The molecule has 0 bridgehead atoms. The van der Waals surface area contributed by atoms with Crippen LogP contribution in [0, 0.1) is 0 Å². The van der Waals surface area contributed by atoms with E-state index in [-0.39, 0.29) is 17.5 Å². The number of benzene rings is 1. The summed E-state index contributed by atoms with van der Waals surface area (Å²) in [4.78, 5) is 25.2. The van der Waals surface area contributed by atoms with Crippen LogP contribution in [0.2, 0.25) is 0 Å². The maximum atomic E-state index is 12.2. The predicted octanol–water partition coefficient (Wildman–Crippen LogP) is 2.04. The Morgan fingerprint density at radius 1 is 1.27 bits per heavy atom. The second kappa shape index (κ2) is 7.22. The summed E-state index contributed by atoms with van der Waals surface area (Å²) in [7, 11) is 0. The van der Waals surface area contributed by atoms with Crippen molar-refractivity contribution >= 4 is 11.9 Å². The van der Waals surface area contributed by atoms with Gasteiger partial charge >= 0.3 is 5.97 Å². The van der Waals surface area contributed by atoms with Crippen LogP contribution in [0.4, 0.5) is 0 Å². The highest BCUT2D eigenvalue weighted by Crippen LogP contribution is 2.16. The topological polar surface area (TPSA) is 69.6 Å². The lowest BCUT2D eigenvalue weighted by molar-refractivity contribution is -0.126. The summed E-state index contributed by atoms with van der Waals surface area (Å²) >= 11 is 0. The zero-order valence-electron chi connectivity index (χ0n) is 12.8. The lowest BCUT2D eigenvalue weighted by Crippen LogP contribution is -2.47. The molecule has 1 saturated heterocycles. The van der Waals surface area contributed by atoms with Gasteiger partial charge in [0.2, 0.25) is 5.91 Å². The molecule has 0 spiro atoms. The molecule has 1 aromatic rings. The summed E-state index contributed by atoms with van der Waals surface area (Å²) in [5.41, 5.74) is 2.39. The van der Waals surface area contributed by atoms with Crippen molar-refractivity contribution in [2.75, 3.05) is 13.1 Å². The van der Waals surface area contributed by atoms with Crippen LogP contribution in [-0.2, 0) is 11.3 Å². The van der Waals surface area contributed by atoms with E-state index in [1.54, 1.807) is 24.3 Å². The van der Waals surface area contributed by atoms with Gasteiger partial charge in [0.1, 0.15) is 0 Å². The number of hydrogen-bond donors (Lipinski definition) is 2. The van der Waals surface area contributed by atoms with E-state index in [1.165, 1.54) is 5.57 Å². The van der Waals surface area contributed by atoms with E-state index in [9.17, 15) is 9.59 Å². The molecular formula is C17H22N2O3. The molecule has 1 aromatic carbocycles. The molecule has 1 aliphatic heterocycles. The van der Waals surface area contributed by atoms with E-state index >= 15 is 0 Å². The largest absolute Gasteiger partial charge is 0.478 e. The Bertz CT molecular complexity index is 556. The first-order valence-corrected chi connectivity index (χ1v) is 7.48. The molecule has 0 aromatic heterocycles. The smallest absolute Gasteiger partial charge is 0.335 e. The number of nitrogens with zero attached hydrogens (tertiary/aromatic N) is 1. The molecule has 1 unspecified atom stereocenters. The quantitative estimate of drug-likeness (QED) is 0.817. The molecule has 0 saturated carbocycles. The number of carbonyl (C=O) groups is 2. The van der Waals surface area contributed by atoms with Crippen LogP contribution < -0.4 is 5.32 Å². The summed E-state index contributed by atoms with van der Waals surface area (Å²) in [6.07, 6.45) is 1.91. The summed E-state index contributed by atoms with van der Waals surface area (Å²) < 4.78 is 0. The average Bonchev–Trinajstić information content (AvgIpc) is 2.53. The number of piperidine rings is 1. The number of rotatable bonds is 5. The van der Waals surface area contributed by atoms with Crippen molar-refractivity contribution in [2.45, 2.75) is 32.4 Å². The van der Waals surface area contributed by atoms with Crippen molar-refractivity contribution in [1.29, 1.82) is 0 Å². The van der Waals surface area contributed by atoms with Crippen LogP contribution in [-0.4, -0.2) is 41.0 Å². The van der Waals surface area contributed by atoms with E-state index in [0.717, 1.165) is 31.5 Å². The minimum absolute atomic E-state index is 0.00479. The Hall–Kier alpha value is -2.14. The van der Waals surface area contributed by atoms with Gasteiger partial charge in [-0.15, -0.1) is 0 Å². The Morgan fingerprint density at radius 3 is 2.41 bits per heavy atom. The van der Waals surface area contributed by atoms with Crippen LogP contribution in [0.15, 0.2) is 36.4 Å². The summed E-state index contributed by atoms with van der Waals surface area (Å²) in [5, 5.41) is 11.8. The second-order valence-corrected chi connectivity index (χ2v) is 5.68. The molecule has 5 heteroatoms. The van der Waals surface area contributed by atoms with Gasteiger partial charge in [0.15, 0.2) is 0 Å². The Morgan fingerprint density at radius 2 is 1.86 bits per heavy atom. The minimum Gasteiger partial charge on any atom is -0.478 e. The third-order valence-electron chi connectivity index (χ3n) is 4.10. The zero-order chi connectivity index (χ0) is 16.1. The van der Waals surface area contributed by atoms with E-state index in [4.69, 9.17) is 5.11 Å². The normalized spacial score (nSPS) is 17.0. The third kappa shape index (κ3) is 4.18. The van der Waals surface area contributed by atoms with Gasteiger partial charge in [0, 0.05) is 19.6 Å². The minimum atomic E-state index is -0.948. The first-order chi connectivity index (χ1) is 10.5. The zero-order valence-corrected chi connectivity index (χ0v) is 12.8. The fourth-order valence-electron chi connectivity index (χ4n) is 2.50. The Labute approximate surface area is 130 Å². The fraction of sp³-hybridized carbons (Fsp3) is 0.412. The second-order valence-electron chi connectivity index (χ2n) is 5.68. The molecule has 0 radical (unpaired) electrons. The molecule has 2 N–H and O–H groups in total. The van der Waals surface area contributed by atoms with Gasteiger partial charge in [-0.25, -0.2) is 4.79 Å². The molecule has 1 heterocycles. The lowest BCUT2D eigenvalue weighted by atomic mass is 10.0. The standard InChI is InChI=1S/C17H22N2O3/c1-12-7-9-19(10-8-12)13(2)16(20)18-11-14-3-5-15(6-4-14)17(21)22/h3-6,13H,1,7-11H2,2H3,(H,18,20)(H,21,22). The maximum absolute atomic E-state index is 12.2. The molecule has 1 fully saturated rings. The van der Waals surface area contributed by atoms with Crippen LogP contribution in [0.3, 0.4) is 0 Å². The van der Waals surface area contributed by atoms with Crippen LogP contribution in [0.25, 0.3) is 0 Å². The third-order valence-corrected chi connectivity index (χ3v) is 4.10. The van der Waals surface area contributed by atoms with E-state index in [1.807, 2.05) is 6.92 Å². The number of carboxylic acid groups (broad SMARTS) is 1. The van der Waals surface area contributed by atoms with Crippen LogP contribution >= 0.6 is 0 Å². The first kappa shape index (κ1) is 16.2. The summed E-state index contributed by atoms with van der Waals surface area (Å²) in [5.74, 6) is -0.953. The Balaban J connectivity index is 1.84. The fourth-order valence-corrected chi connectivity index (χ4v) is 2.50. The van der Waals surface area contributed by atoms with E-state index < -0.39 is 5.97 Å².